The van der Waals surface area contributed by atoms with E-state index in [4.69, 9.17) is 23.2 Å². The number of carbonyl (C=O) groups is 2. The van der Waals surface area contributed by atoms with E-state index in [2.05, 4.69) is 17.2 Å². The summed E-state index contributed by atoms with van der Waals surface area (Å²) >= 11 is 12.3. The molecule has 1 aromatic heterocycles. The molecule has 0 saturated carbocycles. The highest BCUT2D eigenvalue weighted by molar-refractivity contribution is 6.42. The van der Waals surface area contributed by atoms with Crippen molar-refractivity contribution in [2.24, 2.45) is 0 Å². The van der Waals surface area contributed by atoms with Crippen LogP contribution in [-0.4, -0.2) is 23.3 Å². The van der Waals surface area contributed by atoms with E-state index >= 15 is 0 Å². The van der Waals surface area contributed by atoms with E-state index in [1.165, 1.54) is 0 Å². The van der Waals surface area contributed by atoms with Crippen LogP contribution in [0.2, 0.25) is 10.0 Å². The van der Waals surface area contributed by atoms with Crippen molar-refractivity contribution < 1.29 is 9.59 Å². The second-order valence-electron chi connectivity index (χ2n) is 8.33. The zero-order valence-electron chi connectivity index (χ0n) is 18.6. The number of carbonyl (C=O) groups excluding carboxylic acids is 2. The summed E-state index contributed by atoms with van der Waals surface area (Å²) in [5.41, 5.74) is 4.47. The Labute approximate surface area is 207 Å². The predicted molar refractivity (Wildman–Crippen MR) is 138 cm³/mol. The molecule has 2 amide bonds. The van der Waals surface area contributed by atoms with Crippen molar-refractivity contribution in [3.8, 4) is 11.1 Å². The highest BCUT2D eigenvalue weighted by Crippen LogP contribution is 2.48. The number of aromatic amines is 1. The van der Waals surface area contributed by atoms with Crippen LogP contribution in [0.15, 0.2) is 66.7 Å². The molecule has 0 spiro atoms. The van der Waals surface area contributed by atoms with Crippen molar-refractivity contribution >= 4 is 51.6 Å². The molecule has 0 bridgehead atoms. The first-order chi connectivity index (χ1) is 16.5. The van der Waals surface area contributed by atoms with E-state index < -0.39 is 6.04 Å². The number of unbranched alkanes of at least 4 members (excludes halogenated alkanes) is 1. The summed E-state index contributed by atoms with van der Waals surface area (Å²) in [6, 6.07) is 19.5. The third-order valence-corrected chi connectivity index (χ3v) is 6.90. The predicted octanol–water partition coefficient (Wildman–Crippen LogP) is 6.76. The molecule has 2 heterocycles. The molecule has 0 saturated heterocycles. The Bertz CT molecular complexity index is 1410. The molecule has 2 N–H and O–H groups in total. The number of anilines is 1. The van der Waals surface area contributed by atoms with Gasteiger partial charge in [-0.3, -0.25) is 14.5 Å². The van der Waals surface area contributed by atoms with Gasteiger partial charge in [0.1, 0.15) is 0 Å². The first-order valence-electron chi connectivity index (χ1n) is 11.3. The molecule has 5 rings (SSSR count). The minimum atomic E-state index is -0.865. The standard InChI is InChI=1S/C27H23Cl2N3O2/c1-2-3-14-30-26(33)25-24-23(17-8-4-6-10-21(17)31-24)18-9-5-7-11-22(18)32(25)27(34)16-12-13-19(28)20(29)15-16/h4-13,15,25,31H,2-3,14H2,1H3,(H,30,33). The Kier molecular flexibility index (Phi) is 6.07. The molecule has 4 aromatic rings. The average molecular weight is 492 g/mol. The highest BCUT2D eigenvalue weighted by Gasteiger charge is 2.41. The van der Waals surface area contributed by atoms with Crippen molar-refractivity contribution in [1.29, 1.82) is 0 Å². The number of aromatic nitrogens is 1. The van der Waals surface area contributed by atoms with Gasteiger partial charge in [-0.15, -0.1) is 0 Å². The fraction of sp³-hybridized carbons (Fsp3) is 0.185. The SMILES string of the molecule is CCCCNC(=O)C1c2[nH]c3ccccc3c2-c2ccccc2N1C(=O)c1ccc(Cl)c(Cl)c1. The fourth-order valence-electron chi connectivity index (χ4n) is 4.55. The molecule has 1 unspecified atom stereocenters. The maximum atomic E-state index is 13.9. The highest BCUT2D eigenvalue weighted by atomic mass is 35.5. The van der Waals surface area contributed by atoms with Crippen molar-refractivity contribution in [3.05, 3.63) is 88.0 Å². The summed E-state index contributed by atoms with van der Waals surface area (Å²) in [7, 11) is 0. The Morgan fingerprint density at radius 3 is 2.56 bits per heavy atom. The molecular formula is C27H23Cl2N3O2. The van der Waals surface area contributed by atoms with Gasteiger partial charge in [0, 0.05) is 34.1 Å². The van der Waals surface area contributed by atoms with E-state index in [-0.39, 0.29) is 16.8 Å². The maximum Gasteiger partial charge on any atom is 0.259 e. The maximum absolute atomic E-state index is 13.9. The minimum absolute atomic E-state index is 0.232. The van der Waals surface area contributed by atoms with Crippen LogP contribution in [0, 0.1) is 0 Å². The van der Waals surface area contributed by atoms with Gasteiger partial charge in [0.05, 0.1) is 21.4 Å². The van der Waals surface area contributed by atoms with Crippen LogP contribution in [0.4, 0.5) is 5.69 Å². The lowest BCUT2D eigenvalue weighted by molar-refractivity contribution is -0.122. The number of benzene rings is 3. The number of halogens is 2. The Hall–Kier alpha value is -3.28. The first kappa shape index (κ1) is 22.5. The topological polar surface area (TPSA) is 65.2 Å². The number of hydrogen-bond acceptors (Lipinski definition) is 2. The number of nitrogens with one attached hydrogen (secondary N) is 2. The fourth-order valence-corrected chi connectivity index (χ4v) is 4.85. The Morgan fingerprint density at radius 2 is 1.76 bits per heavy atom. The summed E-state index contributed by atoms with van der Waals surface area (Å²) in [5, 5.41) is 4.69. The molecule has 0 radical (unpaired) electrons. The van der Waals surface area contributed by atoms with Gasteiger partial charge in [0.2, 0.25) is 5.91 Å². The van der Waals surface area contributed by atoms with Crippen LogP contribution in [0.1, 0.15) is 41.9 Å². The molecule has 172 valence electrons. The van der Waals surface area contributed by atoms with Crippen LogP contribution >= 0.6 is 23.2 Å². The van der Waals surface area contributed by atoms with Gasteiger partial charge in [0.15, 0.2) is 6.04 Å². The van der Waals surface area contributed by atoms with Crippen LogP contribution < -0.4 is 10.2 Å². The molecule has 34 heavy (non-hydrogen) atoms. The van der Waals surface area contributed by atoms with E-state index in [1.807, 2.05) is 48.5 Å². The zero-order chi connectivity index (χ0) is 23.8. The van der Waals surface area contributed by atoms with Crippen molar-refractivity contribution in [1.82, 2.24) is 10.3 Å². The summed E-state index contributed by atoms with van der Waals surface area (Å²) < 4.78 is 0. The van der Waals surface area contributed by atoms with Gasteiger partial charge in [-0.05, 0) is 36.8 Å². The molecule has 5 nitrogen and oxygen atoms in total. The zero-order valence-corrected chi connectivity index (χ0v) is 20.1. The lowest BCUT2D eigenvalue weighted by Crippen LogP contribution is -2.46. The molecule has 0 fully saturated rings. The van der Waals surface area contributed by atoms with Crippen LogP contribution in [0.25, 0.3) is 22.0 Å². The smallest absolute Gasteiger partial charge is 0.259 e. The monoisotopic (exact) mass is 491 g/mol. The second-order valence-corrected chi connectivity index (χ2v) is 9.14. The number of nitrogens with zero attached hydrogens (tertiary/aromatic N) is 1. The van der Waals surface area contributed by atoms with Crippen molar-refractivity contribution in [2.45, 2.75) is 25.8 Å². The van der Waals surface area contributed by atoms with E-state index in [1.54, 1.807) is 23.1 Å². The Morgan fingerprint density at radius 1 is 1.00 bits per heavy atom. The van der Waals surface area contributed by atoms with Crippen LogP contribution in [0.3, 0.4) is 0 Å². The number of amides is 2. The largest absolute Gasteiger partial charge is 0.356 e. The van der Waals surface area contributed by atoms with Gasteiger partial charge >= 0.3 is 0 Å². The number of hydrogen-bond donors (Lipinski definition) is 2. The van der Waals surface area contributed by atoms with Crippen LogP contribution in [0.5, 0.6) is 0 Å². The molecular weight excluding hydrogens is 469 g/mol. The Balaban J connectivity index is 1.72. The lowest BCUT2D eigenvalue weighted by Gasteiger charge is -2.36. The summed E-state index contributed by atoms with van der Waals surface area (Å²) in [5.74, 6) is -0.560. The first-order valence-corrected chi connectivity index (χ1v) is 12.0. The van der Waals surface area contributed by atoms with Crippen molar-refractivity contribution in [3.63, 3.8) is 0 Å². The van der Waals surface area contributed by atoms with E-state index in [0.717, 1.165) is 34.9 Å². The van der Waals surface area contributed by atoms with Crippen molar-refractivity contribution in [2.75, 3.05) is 11.4 Å². The van der Waals surface area contributed by atoms with Gasteiger partial charge in [-0.1, -0.05) is 72.9 Å². The van der Waals surface area contributed by atoms with Crippen LogP contribution in [-0.2, 0) is 4.79 Å². The quantitative estimate of drug-likeness (QED) is 0.303. The van der Waals surface area contributed by atoms with Gasteiger partial charge in [-0.2, -0.15) is 0 Å². The average Bonchev–Trinajstić information content (AvgIpc) is 3.24. The normalized spacial score (nSPS) is 14.6. The van der Waals surface area contributed by atoms with E-state index in [0.29, 0.717) is 28.5 Å². The van der Waals surface area contributed by atoms with E-state index in [9.17, 15) is 9.59 Å². The molecule has 1 aliphatic rings. The summed E-state index contributed by atoms with van der Waals surface area (Å²) in [6.45, 7) is 2.61. The number of H-pyrrole nitrogens is 1. The molecule has 3 aromatic carbocycles. The number of para-hydroxylation sites is 2. The lowest BCUT2D eigenvalue weighted by atomic mass is 9.90. The minimum Gasteiger partial charge on any atom is -0.356 e. The van der Waals surface area contributed by atoms with Gasteiger partial charge in [0.25, 0.3) is 5.91 Å². The molecule has 1 aliphatic heterocycles. The third kappa shape index (κ3) is 3.75. The molecule has 7 heteroatoms. The summed E-state index contributed by atoms with van der Waals surface area (Å²) in [4.78, 5) is 32.5. The summed E-state index contributed by atoms with van der Waals surface area (Å²) in [6.07, 6.45) is 1.81. The second kappa shape index (κ2) is 9.16. The van der Waals surface area contributed by atoms with Gasteiger partial charge in [-0.25, -0.2) is 0 Å². The molecule has 1 atom stereocenters. The number of rotatable bonds is 5. The third-order valence-electron chi connectivity index (χ3n) is 6.16. The molecule has 0 aliphatic carbocycles. The number of fused-ring (bicyclic) bond motifs is 5. The van der Waals surface area contributed by atoms with Gasteiger partial charge < -0.3 is 10.3 Å².